The standard InChI is InChI=1S/C30H35NO4/c1-22-6-10-25(11-7-22)30(26-12-8-23(2)9-13-26,27-14-16-28(34-3)17-15-27)35-20-19-31-18-4-5-24(21-31)29(32)33/h6-17,24H,4-5,18-21H2,1-3H3,(H,32,33)/t24-/m1/s1. The van der Waals surface area contributed by atoms with Gasteiger partial charge in [0, 0.05) is 13.1 Å². The smallest absolute Gasteiger partial charge is 0.307 e. The summed E-state index contributed by atoms with van der Waals surface area (Å²) in [6.45, 7) is 6.79. The Balaban J connectivity index is 1.72. The summed E-state index contributed by atoms with van der Waals surface area (Å²) in [6, 6.07) is 25.1. The number of aryl methyl sites for hydroxylation is 2. The minimum atomic E-state index is -0.810. The predicted molar refractivity (Wildman–Crippen MR) is 138 cm³/mol. The van der Waals surface area contributed by atoms with Crippen molar-refractivity contribution in [1.82, 2.24) is 4.90 Å². The maximum atomic E-state index is 11.5. The van der Waals surface area contributed by atoms with Gasteiger partial charge in [-0.25, -0.2) is 0 Å². The van der Waals surface area contributed by atoms with Crippen LogP contribution in [0.3, 0.4) is 0 Å². The van der Waals surface area contributed by atoms with Crippen LogP contribution in [0.5, 0.6) is 5.75 Å². The van der Waals surface area contributed by atoms with E-state index in [9.17, 15) is 9.90 Å². The van der Waals surface area contributed by atoms with Gasteiger partial charge in [-0.1, -0.05) is 71.8 Å². The minimum absolute atomic E-state index is 0.302. The molecule has 0 aromatic heterocycles. The number of nitrogens with zero attached hydrogens (tertiary/aromatic N) is 1. The maximum absolute atomic E-state index is 11.5. The average molecular weight is 474 g/mol. The quantitative estimate of drug-likeness (QED) is 0.421. The molecule has 0 aliphatic carbocycles. The summed E-state index contributed by atoms with van der Waals surface area (Å²) >= 11 is 0. The van der Waals surface area contributed by atoms with Gasteiger partial charge in [0.25, 0.3) is 0 Å². The summed E-state index contributed by atoms with van der Waals surface area (Å²) in [6.07, 6.45) is 1.64. The second kappa shape index (κ2) is 11.1. The highest BCUT2D eigenvalue weighted by Crippen LogP contribution is 2.41. The Morgan fingerprint density at radius 2 is 1.43 bits per heavy atom. The lowest BCUT2D eigenvalue weighted by atomic mass is 9.79. The number of hydrogen-bond acceptors (Lipinski definition) is 4. The van der Waals surface area contributed by atoms with Crippen molar-refractivity contribution >= 4 is 5.97 Å². The highest BCUT2D eigenvalue weighted by Gasteiger charge is 2.38. The average Bonchev–Trinajstić information content (AvgIpc) is 2.88. The van der Waals surface area contributed by atoms with Crippen LogP contribution in [0.25, 0.3) is 0 Å². The molecule has 1 N–H and O–H groups in total. The molecule has 184 valence electrons. The molecular weight excluding hydrogens is 438 g/mol. The molecule has 1 aliphatic heterocycles. The van der Waals surface area contributed by atoms with Crippen molar-refractivity contribution in [3.05, 3.63) is 101 Å². The highest BCUT2D eigenvalue weighted by molar-refractivity contribution is 5.70. The lowest BCUT2D eigenvalue weighted by molar-refractivity contribution is -0.143. The molecule has 4 rings (SSSR count). The Kier molecular flexibility index (Phi) is 7.89. The molecule has 0 amide bonds. The third-order valence-corrected chi connectivity index (χ3v) is 6.99. The van der Waals surface area contributed by atoms with E-state index in [1.807, 2.05) is 12.1 Å². The lowest BCUT2D eigenvalue weighted by Crippen LogP contribution is -2.42. The first kappa shape index (κ1) is 25.0. The van der Waals surface area contributed by atoms with E-state index in [4.69, 9.17) is 9.47 Å². The van der Waals surface area contributed by atoms with Gasteiger partial charge in [0.2, 0.25) is 0 Å². The van der Waals surface area contributed by atoms with E-state index in [0.29, 0.717) is 19.7 Å². The number of aliphatic carboxylic acids is 1. The first-order valence-corrected chi connectivity index (χ1v) is 12.3. The first-order valence-electron chi connectivity index (χ1n) is 12.3. The van der Waals surface area contributed by atoms with Gasteiger partial charge < -0.3 is 19.5 Å². The number of piperidine rings is 1. The van der Waals surface area contributed by atoms with Crippen LogP contribution in [-0.2, 0) is 15.1 Å². The Hall–Kier alpha value is -3.15. The third kappa shape index (κ3) is 5.58. The molecule has 0 saturated carbocycles. The van der Waals surface area contributed by atoms with E-state index in [0.717, 1.165) is 41.8 Å². The molecule has 3 aromatic rings. The Bertz CT molecular complexity index is 1060. The van der Waals surface area contributed by atoms with Crippen LogP contribution < -0.4 is 4.74 Å². The van der Waals surface area contributed by atoms with Crippen LogP contribution in [0.1, 0.15) is 40.7 Å². The highest BCUT2D eigenvalue weighted by atomic mass is 16.5. The largest absolute Gasteiger partial charge is 0.497 e. The van der Waals surface area contributed by atoms with Crippen LogP contribution >= 0.6 is 0 Å². The number of hydrogen-bond donors (Lipinski definition) is 1. The van der Waals surface area contributed by atoms with Gasteiger partial charge in [0.15, 0.2) is 0 Å². The van der Waals surface area contributed by atoms with Gasteiger partial charge in [0.1, 0.15) is 11.4 Å². The van der Waals surface area contributed by atoms with Crippen molar-refractivity contribution in [1.29, 1.82) is 0 Å². The summed E-state index contributed by atoms with van der Waals surface area (Å²) in [5.74, 6) is -0.213. The van der Waals surface area contributed by atoms with Gasteiger partial charge >= 0.3 is 5.97 Å². The number of methoxy groups -OCH3 is 1. The zero-order chi connectivity index (χ0) is 24.8. The summed E-state index contributed by atoms with van der Waals surface area (Å²) < 4.78 is 12.3. The summed E-state index contributed by atoms with van der Waals surface area (Å²) in [5.41, 5.74) is 4.70. The van der Waals surface area contributed by atoms with Crippen molar-refractivity contribution in [2.24, 2.45) is 5.92 Å². The minimum Gasteiger partial charge on any atom is -0.497 e. The van der Waals surface area contributed by atoms with Crippen LogP contribution in [0.15, 0.2) is 72.8 Å². The molecule has 0 unspecified atom stereocenters. The van der Waals surface area contributed by atoms with Gasteiger partial charge in [0.05, 0.1) is 19.6 Å². The molecule has 35 heavy (non-hydrogen) atoms. The number of ether oxygens (including phenoxy) is 2. The zero-order valence-corrected chi connectivity index (χ0v) is 20.9. The van der Waals surface area contributed by atoms with Crippen LogP contribution in [0.4, 0.5) is 0 Å². The SMILES string of the molecule is COc1ccc(C(OCCN2CCC[C@@H](C(=O)O)C2)(c2ccc(C)cc2)c2ccc(C)cc2)cc1. The first-order chi connectivity index (χ1) is 16.9. The normalized spacial score (nSPS) is 16.7. The maximum Gasteiger partial charge on any atom is 0.307 e. The lowest BCUT2D eigenvalue weighted by Gasteiger charge is -2.37. The number of carboxylic acids is 1. The molecule has 1 saturated heterocycles. The number of carbonyl (C=O) groups is 1. The topological polar surface area (TPSA) is 59.0 Å². The van der Waals surface area contributed by atoms with Crippen molar-refractivity contribution < 1.29 is 19.4 Å². The Labute approximate surface area is 208 Å². The van der Waals surface area contributed by atoms with E-state index in [1.54, 1.807) is 7.11 Å². The van der Waals surface area contributed by atoms with Crippen molar-refractivity contribution in [2.75, 3.05) is 33.4 Å². The second-order valence-electron chi connectivity index (χ2n) is 9.47. The molecule has 0 radical (unpaired) electrons. The van der Waals surface area contributed by atoms with Crippen LogP contribution in [-0.4, -0.2) is 49.3 Å². The number of rotatable bonds is 9. The molecule has 5 nitrogen and oxygen atoms in total. The molecule has 3 aromatic carbocycles. The van der Waals surface area contributed by atoms with Gasteiger partial charge in [-0.2, -0.15) is 0 Å². The van der Waals surface area contributed by atoms with Gasteiger partial charge in [-0.3, -0.25) is 4.79 Å². The molecule has 1 heterocycles. The van der Waals surface area contributed by atoms with E-state index in [1.165, 1.54) is 11.1 Å². The summed E-state index contributed by atoms with van der Waals surface area (Å²) in [7, 11) is 1.67. The predicted octanol–water partition coefficient (Wildman–Crippen LogP) is 5.42. The molecule has 1 fully saturated rings. The Morgan fingerprint density at radius 1 is 0.914 bits per heavy atom. The zero-order valence-electron chi connectivity index (χ0n) is 20.9. The van der Waals surface area contributed by atoms with E-state index < -0.39 is 11.6 Å². The van der Waals surface area contributed by atoms with E-state index in [-0.39, 0.29) is 5.92 Å². The fourth-order valence-electron chi connectivity index (χ4n) is 4.94. The van der Waals surface area contributed by atoms with Crippen molar-refractivity contribution in [3.8, 4) is 5.75 Å². The van der Waals surface area contributed by atoms with Crippen molar-refractivity contribution in [2.45, 2.75) is 32.3 Å². The summed E-state index contributed by atoms with van der Waals surface area (Å²) in [5, 5.41) is 9.48. The molecule has 5 heteroatoms. The molecule has 1 atom stereocenters. The van der Waals surface area contributed by atoms with Crippen LogP contribution in [0, 0.1) is 19.8 Å². The van der Waals surface area contributed by atoms with Crippen LogP contribution in [0.2, 0.25) is 0 Å². The second-order valence-corrected chi connectivity index (χ2v) is 9.47. The Morgan fingerprint density at radius 3 is 1.91 bits per heavy atom. The van der Waals surface area contributed by atoms with Gasteiger partial charge in [-0.15, -0.1) is 0 Å². The van der Waals surface area contributed by atoms with Gasteiger partial charge in [-0.05, 0) is 62.1 Å². The number of likely N-dealkylation sites (tertiary alicyclic amines) is 1. The molecule has 0 spiro atoms. The number of carboxylic acid groups (broad SMARTS) is 1. The van der Waals surface area contributed by atoms with E-state index >= 15 is 0 Å². The monoisotopic (exact) mass is 473 g/mol. The molecule has 0 bridgehead atoms. The third-order valence-electron chi connectivity index (χ3n) is 6.99. The fourth-order valence-corrected chi connectivity index (χ4v) is 4.94. The fraction of sp³-hybridized carbons (Fsp3) is 0.367. The van der Waals surface area contributed by atoms with Crippen molar-refractivity contribution in [3.63, 3.8) is 0 Å². The molecule has 1 aliphatic rings. The number of benzene rings is 3. The summed E-state index contributed by atoms with van der Waals surface area (Å²) in [4.78, 5) is 13.7. The molecular formula is C30H35NO4. The van der Waals surface area contributed by atoms with E-state index in [2.05, 4.69) is 79.4 Å².